The van der Waals surface area contributed by atoms with Crippen molar-refractivity contribution in [2.45, 2.75) is 31.2 Å². The molecule has 7 heteroatoms. The highest BCUT2D eigenvalue weighted by molar-refractivity contribution is 5.81. The fourth-order valence-electron chi connectivity index (χ4n) is 5.12. The molecule has 3 heterocycles. The zero-order valence-corrected chi connectivity index (χ0v) is 16.5. The average Bonchev–Trinajstić information content (AvgIpc) is 3.15. The van der Waals surface area contributed by atoms with Crippen LogP contribution in [0.5, 0.6) is 0 Å². The van der Waals surface area contributed by atoms with Crippen LogP contribution < -0.4 is 16.6 Å². The van der Waals surface area contributed by atoms with Crippen molar-refractivity contribution >= 4 is 16.8 Å². The van der Waals surface area contributed by atoms with Gasteiger partial charge in [0.1, 0.15) is 0 Å². The summed E-state index contributed by atoms with van der Waals surface area (Å²) in [5, 5.41) is 5.69. The predicted molar refractivity (Wildman–Crippen MR) is 112 cm³/mol. The molecule has 4 atom stereocenters. The van der Waals surface area contributed by atoms with Gasteiger partial charge < -0.3 is 5.73 Å². The molecule has 1 aromatic carbocycles. The van der Waals surface area contributed by atoms with Gasteiger partial charge in [0.25, 0.3) is 0 Å². The molecule has 1 aliphatic heterocycles. The number of carbonyl (C=O) groups excluding carboxylic acids is 1. The summed E-state index contributed by atoms with van der Waals surface area (Å²) in [5.74, 6) is 0.723. The molecule has 150 valence electrons. The van der Waals surface area contributed by atoms with Crippen LogP contribution in [0.2, 0.25) is 0 Å². The third kappa shape index (κ3) is 3.10. The van der Waals surface area contributed by atoms with Crippen LogP contribution in [0.4, 0.5) is 0 Å². The van der Waals surface area contributed by atoms with Crippen molar-refractivity contribution in [3.63, 3.8) is 0 Å². The number of hydrogen-bond acceptors (Lipinski definition) is 5. The van der Waals surface area contributed by atoms with E-state index in [0.29, 0.717) is 12.5 Å². The third-order valence-corrected chi connectivity index (χ3v) is 6.64. The van der Waals surface area contributed by atoms with E-state index in [1.54, 1.807) is 0 Å². The van der Waals surface area contributed by atoms with Gasteiger partial charge in [-0.3, -0.25) is 14.9 Å². The molecule has 2 fully saturated rings. The first kappa shape index (κ1) is 18.3. The number of nitrogens with one attached hydrogen (secondary N) is 2. The first-order valence-electron chi connectivity index (χ1n) is 10.3. The number of benzene rings is 1. The Balaban J connectivity index is 1.50. The van der Waals surface area contributed by atoms with Crippen LogP contribution in [0.15, 0.2) is 42.6 Å². The van der Waals surface area contributed by atoms with Gasteiger partial charge in [-0.1, -0.05) is 24.3 Å². The Morgan fingerprint density at radius 2 is 2.07 bits per heavy atom. The highest BCUT2D eigenvalue weighted by Gasteiger charge is 2.43. The van der Waals surface area contributed by atoms with Crippen LogP contribution in [0, 0.1) is 11.8 Å². The number of nitrogens with zero attached hydrogens (tertiary/aromatic N) is 3. The fourth-order valence-corrected chi connectivity index (χ4v) is 5.12. The van der Waals surface area contributed by atoms with Crippen LogP contribution in [0.1, 0.15) is 30.7 Å². The van der Waals surface area contributed by atoms with Gasteiger partial charge in [0.15, 0.2) is 0 Å². The molecule has 1 aliphatic carbocycles. The number of rotatable bonds is 3. The van der Waals surface area contributed by atoms with Crippen LogP contribution in [-0.4, -0.2) is 33.3 Å². The van der Waals surface area contributed by atoms with Gasteiger partial charge >= 0.3 is 0 Å². The Bertz CT molecular complexity index is 1060. The largest absolute Gasteiger partial charge is 0.329 e. The molecule has 2 aromatic heterocycles. The maximum absolute atomic E-state index is 12.3. The van der Waals surface area contributed by atoms with Gasteiger partial charge in [-0.2, -0.15) is 5.10 Å². The lowest BCUT2D eigenvalue weighted by atomic mass is 9.68. The summed E-state index contributed by atoms with van der Waals surface area (Å²) in [6.07, 6.45) is 4.75. The van der Waals surface area contributed by atoms with Crippen LogP contribution in [-0.2, 0) is 11.8 Å². The molecule has 4 unspecified atom stereocenters. The molecular weight excluding hydrogens is 364 g/mol. The van der Waals surface area contributed by atoms with Crippen LogP contribution in [0.25, 0.3) is 22.3 Å². The minimum Gasteiger partial charge on any atom is -0.329 e. The molecule has 0 radical (unpaired) electrons. The van der Waals surface area contributed by atoms with E-state index in [2.05, 4.69) is 34.1 Å². The van der Waals surface area contributed by atoms with Gasteiger partial charge in [0.2, 0.25) is 5.91 Å². The second-order valence-corrected chi connectivity index (χ2v) is 8.22. The fraction of sp³-hybridized carbons (Fsp3) is 0.409. The number of aryl methyl sites for hydroxylation is 1. The van der Waals surface area contributed by atoms with Crippen molar-refractivity contribution in [1.29, 1.82) is 0 Å². The Labute approximate surface area is 169 Å². The standard InChI is InChI=1S/C22H26N6O/c1-28-21(19-9-7-13-4-2-3-5-18(13)25-19)17(12-24-28)14-6-8-15-16(10-14)20(11-23)26-27-22(15)29/h2-5,7,9,12,14-16,20,26H,6,8,10-11,23H2,1H3,(H,27,29). The number of fused-ring (bicyclic) bond motifs is 2. The highest BCUT2D eigenvalue weighted by Crippen LogP contribution is 2.44. The summed E-state index contributed by atoms with van der Waals surface area (Å²) < 4.78 is 1.92. The van der Waals surface area contributed by atoms with Crippen molar-refractivity contribution in [3.05, 3.63) is 48.2 Å². The van der Waals surface area contributed by atoms with Gasteiger partial charge in [0, 0.05) is 36.5 Å². The summed E-state index contributed by atoms with van der Waals surface area (Å²) >= 11 is 0. The summed E-state index contributed by atoms with van der Waals surface area (Å²) in [7, 11) is 1.97. The van der Waals surface area contributed by atoms with Gasteiger partial charge in [-0.25, -0.2) is 10.4 Å². The molecule has 4 N–H and O–H groups in total. The summed E-state index contributed by atoms with van der Waals surface area (Å²) in [4.78, 5) is 17.2. The SMILES string of the molecule is Cn1ncc(C2CCC3C(=O)NNC(CN)C3C2)c1-c1ccc2ccccc2n1. The molecule has 29 heavy (non-hydrogen) atoms. The van der Waals surface area contributed by atoms with Crippen molar-refractivity contribution < 1.29 is 4.79 Å². The molecule has 0 bridgehead atoms. The number of hydrogen-bond donors (Lipinski definition) is 3. The highest BCUT2D eigenvalue weighted by atomic mass is 16.2. The topological polar surface area (TPSA) is 97.9 Å². The van der Waals surface area contributed by atoms with Crippen molar-refractivity contribution in [2.24, 2.45) is 24.6 Å². The first-order valence-corrected chi connectivity index (χ1v) is 10.3. The Morgan fingerprint density at radius 1 is 1.21 bits per heavy atom. The molecule has 1 saturated carbocycles. The summed E-state index contributed by atoms with van der Waals surface area (Å²) in [6, 6.07) is 12.5. The first-order chi connectivity index (χ1) is 14.2. The number of carbonyl (C=O) groups is 1. The quantitative estimate of drug-likeness (QED) is 0.636. The number of aromatic nitrogens is 3. The molecule has 3 aromatic rings. The van der Waals surface area contributed by atoms with Gasteiger partial charge in [-0.15, -0.1) is 0 Å². The predicted octanol–water partition coefficient (Wildman–Crippen LogP) is 2.10. The number of pyridine rings is 1. The van der Waals surface area contributed by atoms with Crippen LogP contribution in [0.3, 0.4) is 0 Å². The normalized spacial score (nSPS) is 26.9. The monoisotopic (exact) mass is 390 g/mol. The molecule has 1 amide bonds. The molecule has 0 spiro atoms. The number of nitrogens with two attached hydrogens (primary N) is 1. The van der Waals surface area contributed by atoms with Crippen LogP contribution >= 0.6 is 0 Å². The maximum atomic E-state index is 12.3. The molecule has 5 rings (SSSR count). The Kier molecular flexibility index (Phi) is 4.56. The van der Waals surface area contributed by atoms with E-state index in [0.717, 1.165) is 41.6 Å². The zero-order valence-electron chi connectivity index (χ0n) is 16.5. The Morgan fingerprint density at radius 3 is 2.93 bits per heavy atom. The lowest BCUT2D eigenvalue weighted by Gasteiger charge is -2.43. The minimum absolute atomic E-state index is 0.0416. The lowest BCUT2D eigenvalue weighted by Crippen LogP contribution is -2.62. The van der Waals surface area contributed by atoms with E-state index >= 15 is 0 Å². The molecule has 7 nitrogen and oxygen atoms in total. The molecule has 1 saturated heterocycles. The van der Waals surface area contributed by atoms with E-state index in [1.807, 2.05) is 36.1 Å². The summed E-state index contributed by atoms with van der Waals surface area (Å²) in [6.45, 7) is 0.514. The second-order valence-electron chi connectivity index (χ2n) is 8.22. The smallest absolute Gasteiger partial charge is 0.237 e. The second kappa shape index (κ2) is 7.24. The van der Waals surface area contributed by atoms with Gasteiger partial charge in [0.05, 0.1) is 23.1 Å². The van der Waals surface area contributed by atoms with E-state index < -0.39 is 0 Å². The van der Waals surface area contributed by atoms with Crippen molar-refractivity contribution in [1.82, 2.24) is 25.6 Å². The van der Waals surface area contributed by atoms with Crippen molar-refractivity contribution in [2.75, 3.05) is 6.54 Å². The average molecular weight is 390 g/mol. The Hall–Kier alpha value is -2.77. The molecular formula is C22H26N6O. The number of amides is 1. The molecule has 2 aliphatic rings. The third-order valence-electron chi connectivity index (χ3n) is 6.64. The van der Waals surface area contributed by atoms with E-state index in [9.17, 15) is 4.79 Å². The van der Waals surface area contributed by atoms with E-state index in [4.69, 9.17) is 10.7 Å². The summed E-state index contributed by atoms with van der Waals surface area (Å²) in [5.41, 5.74) is 16.1. The maximum Gasteiger partial charge on any atom is 0.237 e. The zero-order chi connectivity index (χ0) is 20.0. The number of hydrazine groups is 1. The minimum atomic E-state index is 0.0416. The van der Waals surface area contributed by atoms with E-state index in [1.165, 1.54) is 5.56 Å². The van der Waals surface area contributed by atoms with E-state index in [-0.39, 0.29) is 23.8 Å². The lowest BCUT2D eigenvalue weighted by molar-refractivity contribution is -0.133. The van der Waals surface area contributed by atoms with Crippen molar-refractivity contribution in [3.8, 4) is 11.4 Å². The number of para-hydroxylation sites is 1. The van der Waals surface area contributed by atoms with Gasteiger partial charge in [-0.05, 0) is 43.2 Å².